The Bertz CT molecular complexity index is 1380. The zero-order valence-electron chi connectivity index (χ0n) is 27.8. The van der Waals surface area contributed by atoms with Crippen molar-refractivity contribution in [2.45, 2.75) is 104 Å². The number of nitrogens with one attached hydrogen (secondary N) is 2. The lowest BCUT2D eigenvalue weighted by Crippen LogP contribution is -2.60. The number of ether oxygens (including phenoxy) is 2. The molecule has 0 bridgehead atoms. The minimum absolute atomic E-state index is 0.0790. The molecule has 0 aromatic heterocycles. The van der Waals surface area contributed by atoms with E-state index in [0.717, 1.165) is 5.56 Å². The van der Waals surface area contributed by atoms with E-state index in [-0.39, 0.29) is 12.2 Å². The van der Waals surface area contributed by atoms with Crippen LogP contribution in [-0.4, -0.2) is 63.4 Å². The SMILES string of the molecule is C#Cc1ccccc1C(C(=O)NC(Cc1ccccc1)C(=O)OC(C)(C)C)N(C(=O)C(CS)NC(=O)OC(C)(C)C)C(C)(C)C. The third-order valence-electron chi connectivity index (χ3n) is 6.34. The highest BCUT2D eigenvalue weighted by Crippen LogP contribution is 2.32. The molecule has 0 saturated carbocycles. The largest absolute Gasteiger partial charge is 0.458 e. The van der Waals surface area contributed by atoms with Crippen molar-refractivity contribution in [3.05, 3.63) is 71.3 Å². The van der Waals surface area contributed by atoms with Gasteiger partial charge >= 0.3 is 12.1 Å². The van der Waals surface area contributed by atoms with Gasteiger partial charge in [-0.05, 0) is 79.5 Å². The number of hydrogen-bond acceptors (Lipinski definition) is 7. The Morgan fingerprint density at radius 1 is 0.822 bits per heavy atom. The maximum absolute atomic E-state index is 14.5. The van der Waals surface area contributed by atoms with Crippen LogP contribution in [0.3, 0.4) is 0 Å². The molecule has 0 aliphatic carbocycles. The number of terminal acetylenes is 1. The molecule has 2 aromatic carbocycles. The first kappa shape index (κ1) is 37.2. The summed E-state index contributed by atoms with van der Waals surface area (Å²) in [4.78, 5) is 56.3. The second-order valence-corrected chi connectivity index (χ2v) is 14.0. The fourth-order valence-electron chi connectivity index (χ4n) is 4.58. The Labute approximate surface area is 273 Å². The van der Waals surface area contributed by atoms with E-state index in [9.17, 15) is 19.2 Å². The van der Waals surface area contributed by atoms with Gasteiger partial charge in [0.2, 0.25) is 11.8 Å². The van der Waals surface area contributed by atoms with Gasteiger partial charge in [-0.25, -0.2) is 9.59 Å². The summed E-state index contributed by atoms with van der Waals surface area (Å²) in [5.74, 6) is 0.663. The molecule has 0 fully saturated rings. The van der Waals surface area contributed by atoms with Gasteiger partial charge in [0.15, 0.2) is 0 Å². The van der Waals surface area contributed by atoms with Crippen molar-refractivity contribution in [3.8, 4) is 12.3 Å². The molecule has 0 radical (unpaired) electrons. The van der Waals surface area contributed by atoms with Crippen LogP contribution in [0.1, 0.15) is 85.0 Å². The van der Waals surface area contributed by atoms with Crippen molar-refractivity contribution in [2.75, 3.05) is 5.75 Å². The molecule has 45 heavy (non-hydrogen) atoms. The smallest absolute Gasteiger partial charge is 0.408 e. The number of hydrogen-bond donors (Lipinski definition) is 3. The summed E-state index contributed by atoms with van der Waals surface area (Å²) < 4.78 is 11.1. The van der Waals surface area contributed by atoms with Gasteiger partial charge in [-0.15, -0.1) is 6.42 Å². The van der Waals surface area contributed by atoms with Gasteiger partial charge in [0.25, 0.3) is 0 Å². The summed E-state index contributed by atoms with van der Waals surface area (Å²) in [5, 5.41) is 5.46. The molecule has 0 saturated heterocycles. The van der Waals surface area contributed by atoms with E-state index in [4.69, 9.17) is 15.9 Å². The van der Waals surface area contributed by atoms with E-state index in [1.54, 1.807) is 86.6 Å². The predicted octanol–water partition coefficient (Wildman–Crippen LogP) is 5.23. The molecule has 0 heterocycles. The topological polar surface area (TPSA) is 114 Å². The zero-order chi connectivity index (χ0) is 34.2. The Kier molecular flexibility index (Phi) is 12.7. The number of carbonyl (C=O) groups is 4. The lowest BCUT2D eigenvalue weighted by molar-refractivity contribution is -0.159. The molecule has 0 spiro atoms. The van der Waals surface area contributed by atoms with E-state index in [1.165, 1.54) is 4.90 Å². The molecular formula is C35H47N3O6S. The summed E-state index contributed by atoms with van der Waals surface area (Å²) in [6.07, 6.45) is 5.20. The van der Waals surface area contributed by atoms with Crippen LogP contribution in [0.2, 0.25) is 0 Å². The number of alkyl carbamates (subject to hydrolysis) is 1. The molecule has 3 unspecified atom stereocenters. The lowest BCUT2D eigenvalue weighted by atomic mass is 9.92. The molecule has 0 aliphatic rings. The van der Waals surface area contributed by atoms with Crippen LogP contribution in [0.25, 0.3) is 0 Å². The maximum atomic E-state index is 14.5. The van der Waals surface area contributed by atoms with Crippen molar-refractivity contribution in [3.63, 3.8) is 0 Å². The summed E-state index contributed by atoms with van der Waals surface area (Å²) in [6, 6.07) is 12.5. The molecule has 2 N–H and O–H groups in total. The molecule has 9 nitrogen and oxygen atoms in total. The van der Waals surface area contributed by atoms with E-state index in [1.807, 2.05) is 30.3 Å². The quantitative estimate of drug-likeness (QED) is 0.187. The van der Waals surface area contributed by atoms with E-state index in [0.29, 0.717) is 11.1 Å². The number of rotatable bonds is 10. The molecule has 3 amide bonds. The van der Waals surface area contributed by atoms with Gasteiger partial charge in [-0.1, -0.05) is 54.5 Å². The summed E-state index contributed by atoms with van der Waals surface area (Å²) in [5.41, 5.74) is -1.03. The van der Waals surface area contributed by atoms with Gasteiger partial charge in [0.1, 0.15) is 29.3 Å². The maximum Gasteiger partial charge on any atom is 0.408 e. The van der Waals surface area contributed by atoms with Gasteiger partial charge in [-0.3, -0.25) is 9.59 Å². The number of benzene rings is 2. The molecule has 2 rings (SSSR count). The molecule has 0 aliphatic heterocycles. The van der Waals surface area contributed by atoms with Crippen LogP contribution in [0.5, 0.6) is 0 Å². The van der Waals surface area contributed by atoms with E-state index < -0.39 is 58.7 Å². The van der Waals surface area contributed by atoms with Crippen LogP contribution >= 0.6 is 12.6 Å². The van der Waals surface area contributed by atoms with E-state index in [2.05, 4.69) is 29.2 Å². The number of carbonyl (C=O) groups excluding carboxylic acids is 4. The van der Waals surface area contributed by atoms with Crippen LogP contribution in [0, 0.1) is 12.3 Å². The molecular weight excluding hydrogens is 590 g/mol. The standard InChI is InChI=1S/C35H47N3O6S/c1-11-24-19-15-16-20-25(24)28(38(33(2,3)4)30(40)27(22-45)37-32(42)44-35(8,9)10)29(39)36-26(31(41)43-34(5,6)7)21-23-17-13-12-14-18-23/h1,12-20,26-28,45H,21-22H2,2-10H3,(H,36,39)(H,37,42). The van der Waals surface area contributed by atoms with Gasteiger partial charge < -0.3 is 25.0 Å². The molecule has 3 atom stereocenters. The fraction of sp³-hybridized carbons (Fsp3) is 0.486. The van der Waals surface area contributed by atoms with Crippen LogP contribution in [-0.2, 0) is 30.3 Å². The minimum Gasteiger partial charge on any atom is -0.458 e. The van der Waals surface area contributed by atoms with Crippen molar-refractivity contribution in [1.82, 2.24) is 15.5 Å². The number of nitrogens with zero attached hydrogens (tertiary/aromatic N) is 1. The first-order chi connectivity index (χ1) is 20.8. The van der Waals surface area contributed by atoms with Crippen LogP contribution in [0.4, 0.5) is 4.79 Å². The Balaban J connectivity index is 2.66. The van der Waals surface area contributed by atoms with Crippen molar-refractivity contribution >= 4 is 36.5 Å². The number of amides is 3. The van der Waals surface area contributed by atoms with Gasteiger partial charge in [0.05, 0.1) is 0 Å². The fourth-order valence-corrected chi connectivity index (χ4v) is 4.83. The molecule has 10 heteroatoms. The first-order valence-corrected chi connectivity index (χ1v) is 15.5. The van der Waals surface area contributed by atoms with Crippen LogP contribution in [0.15, 0.2) is 54.6 Å². The second kappa shape index (κ2) is 15.3. The highest BCUT2D eigenvalue weighted by Gasteiger charge is 2.43. The summed E-state index contributed by atoms with van der Waals surface area (Å²) >= 11 is 4.34. The van der Waals surface area contributed by atoms with Crippen LogP contribution < -0.4 is 10.6 Å². The highest BCUT2D eigenvalue weighted by atomic mass is 32.1. The predicted molar refractivity (Wildman–Crippen MR) is 179 cm³/mol. The number of thiol groups is 1. The Hall–Kier alpha value is -3.97. The third kappa shape index (κ3) is 11.5. The Morgan fingerprint density at radius 2 is 1.38 bits per heavy atom. The average molecular weight is 638 g/mol. The molecule has 244 valence electrons. The molecule has 2 aromatic rings. The van der Waals surface area contributed by atoms with Gasteiger partial charge in [0, 0.05) is 23.3 Å². The highest BCUT2D eigenvalue weighted by molar-refractivity contribution is 7.80. The second-order valence-electron chi connectivity index (χ2n) is 13.7. The van der Waals surface area contributed by atoms with Crippen molar-refractivity contribution < 1.29 is 28.7 Å². The summed E-state index contributed by atoms with van der Waals surface area (Å²) in [7, 11) is 0. The van der Waals surface area contributed by atoms with Crippen molar-refractivity contribution in [2.24, 2.45) is 0 Å². The normalized spacial score (nSPS) is 13.8. The lowest BCUT2D eigenvalue weighted by Gasteiger charge is -2.43. The van der Waals surface area contributed by atoms with E-state index >= 15 is 0 Å². The zero-order valence-corrected chi connectivity index (χ0v) is 28.7. The minimum atomic E-state index is -1.30. The average Bonchev–Trinajstić information content (AvgIpc) is 2.91. The van der Waals surface area contributed by atoms with Crippen molar-refractivity contribution in [1.29, 1.82) is 0 Å². The first-order valence-electron chi connectivity index (χ1n) is 14.8. The monoisotopic (exact) mass is 637 g/mol. The Morgan fingerprint density at radius 3 is 1.89 bits per heavy atom. The number of esters is 1. The third-order valence-corrected chi connectivity index (χ3v) is 6.70. The van der Waals surface area contributed by atoms with Gasteiger partial charge in [-0.2, -0.15) is 12.6 Å². The summed E-state index contributed by atoms with van der Waals surface area (Å²) in [6.45, 7) is 15.7.